The maximum absolute atomic E-state index is 6.59. The highest BCUT2D eigenvalue weighted by molar-refractivity contribution is 6.31. The van der Waals surface area contributed by atoms with Crippen LogP contribution in [0.2, 0.25) is 0 Å². The normalized spacial score (nSPS) is 20.7. The number of allylic oxidation sites excluding steroid dienone is 4. The van der Waals surface area contributed by atoms with Crippen molar-refractivity contribution in [3.05, 3.63) is 64.9 Å². The monoisotopic (exact) mass is 480 g/mol. The molecule has 1 fully saturated rings. The molecule has 1 atom stereocenters. The molecule has 1 unspecified atom stereocenters. The van der Waals surface area contributed by atoms with Crippen LogP contribution >= 0.6 is 11.6 Å². The second-order valence-corrected chi connectivity index (χ2v) is 10.00. The van der Waals surface area contributed by atoms with E-state index in [9.17, 15) is 0 Å². The summed E-state index contributed by atoms with van der Waals surface area (Å²) < 4.78 is 2.32. The Labute approximate surface area is 209 Å². The van der Waals surface area contributed by atoms with Crippen LogP contribution in [0.25, 0.3) is 5.70 Å². The standard InChI is InChI=1S/C27H37ClN6/c1-5-6-11-24(28)17-23-18-33(20(2)3)19-26-30-31-27(34(26)21(23)4)22-10-9-15-32(16-13-22)25-12-7-8-14-29-25/h6-8,11-12,14,17,20,22H,5,9-10,13,15-16,18-19H2,1-4H3/b11-6-,24-17+. The fourth-order valence-electron chi connectivity index (χ4n) is 4.86. The molecular weight excluding hydrogens is 444 g/mol. The van der Waals surface area contributed by atoms with E-state index < -0.39 is 0 Å². The number of halogens is 1. The van der Waals surface area contributed by atoms with Crippen LogP contribution in [0.5, 0.6) is 0 Å². The highest BCUT2D eigenvalue weighted by Crippen LogP contribution is 2.33. The van der Waals surface area contributed by atoms with E-state index in [-0.39, 0.29) is 0 Å². The molecule has 1 saturated heterocycles. The molecule has 4 heterocycles. The first kappa shape index (κ1) is 24.7. The van der Waals surface area contributed by atoms with Gasteiger partial charge in [-0.25, -0.2) is 4.98 Å². The third-order valence-electron chi connectivity index (χ3n) is 6.89. The van der Waals surface area contributed by atoms with Crippen molar-refractivity contribution >= 4 is 23.1 Å². The highest BCUT2D eigenvalue weighted by atomic mass is 35.5. The summed E-state index contributed by atoms with van der Waals surface area (Å²) in [5.41, 5.74) is 2.41. The summed E-state index contributed by atoms with van der Waals surface area (Å²) in [5, 5.41) is 10.2. The molecule has 0 radical (unpaired) electrons. The minimum Gasteiger partial charge on any atom is -0.357 e. The van der Waals surface area contributed by atoms with Crippen molar-refractivity contribution in [2.75, 3.05) is 24.5 Å². The lowest BCUT2D eigenvalue weighted by Crippen LogP contribution is -2.31. The molecule has 2 aliphatic heterocycles. The molecule has 2 aromatic rings. The molecule has 0 aromatic carbocycles. The van der Waals surface area contributed by atoms with Crippen LogP contribution in [-0.4, -0.2) is 50.3 Å². The second-order valence-electron chi connectivity index (χ2n) is 9.56. The predicted molar refractivity (Wildman–Crippen MR) is 141 cm³/mol. The van der Waals surface area contributed by atoms with Gasteiger partial charge in [-0.3, -0.25) is 9.47 Å². The molecule has 0 amide bonds. The van der Waals surface area contributed by atoms with Crippen LogP contribution in [0.1, 0.15) is 70.9 Å². The maximum Gasteiger partial charge on any atom is 0.151 e. The van der Waals surface area contributed by atoms with Gasteiger partial charge >= 0.3 is 0 Å². The van der Waals surface area contributed by atoms with Crippen LogP contribution in [0, 0.1) is 0 Å². The molecule has 0 bridgehead atoms. The first-order valence-electron chi connectivity index (χ1n) is 12.6. The Morgan fingerprint density at radius 3 is 2.76 bits per heavy atom. The highest BCUT2D eigenvalue weighted by Gasteiger charge is 2.29. The van der Waals surface area contributed by atoms with Crippen molar-refractivity contribution in [3.8, 4) is 0 Å². The Kier molecular flexibility index (Phi) is 8.22. The number of nitrogens with zero attached hydrogens (tertiary/aromatic N) is 6. The van der Waals surface area contributed by atoms with E-state index in [1.807, 2.05) is 18.3 Å². The first-order chi connectivity index (χ1) is 16.5. The van der Waals surface area contributed by atoms with Gasteiger partial charge in [0.05, 0.1) is 6.54 Å². The predicted octanol–water partition coefficient (Wildman–Crippen LogP) is 5.99. The Balaban J connectivity index is 1.66. The molecule has 0 saturated carbocycles. The summed E-state index contributed by atoms with van der Waals surface area (Å²) in [4.78, 5) is 9.41. The number of pyridine rings is 1. The molecule has 182 valence electrons. The van der Waals surface area contributed by atoms with Gasteiger partial charge in [0.2, 0.25) is 0 Å². The number of hydrogen-bond donors (Lipinski definition) is 0. The van der Waals surface area contributed by atoms with Gasteiger partial charge < -0.3 is 4.90 Å². The minimum absolute atomic E-state index is 0.371. The summed E-state index contributed by atoms with van der Waals surface area (Å²) in [6.45, 7) is 12.4. The largest absolute Gasteiger partial charge is 0.357 e. The van der Waals surface area contributed by atoms with E-state index in [1.54, 1.807) is 0 Å². The molecule has 0 N–H and O–H groups in total. The minimum atomic E-state index is 0.371. The first-order valence-corrected chi connectivity index (χ1v) is 12.9. The van der Waals surface area contributed by atoms with E-state index in [4.69, 9.17) is 16.7 Å². The van der Waals surface area contributed by atoms with Crippen molar-refractivity contribution in [1.82, 2.24) is 24.6 Å². The number of fused-ring (bicyclic) bond motifs is 1. The topological polar surface area (TPSA) is 50.1 Å². The van der Waals surface area contributed by atoms with E-state index in [0.717, 1.165) is 74.4 Å². The van der Waals surface area contributed by atoms with Gasteiger partial charge in [0, 0.05) is 48.5 Å². The van der Waals surface area contributed by atoms with Crippen LogP contribution in [0.4, 0.5) is 5.82 Å². The van der Waals surface area contributed by atoms with E-state index in [0.29, 0.717) is 12.0 Å². The van der Waals surface area contributed by atoms with Gasteiger partial charge in [0.1, 0.15) is 11.6 Å². The van der Waals surface area contributed by atoms with E-state index >= 15 is 0 Å². The summed E-state index contributed by atoms with van der Waals surface area (Å²) in [7, 11) is 0. The van der Waals surface area contributed by atoms with Crippen LogP contribution in [0.15, 0.2) is 53.2 Å². The molecular formula is C27H37ClN6. The Morgan fingerprint density at radius 1 is 1.18 bits per heavy atom. The lowest BCUT2D eigenvalue weighted by atomic mass is 9.99. The third-order valence-corrected chi connectivity index (χ3v) is 7.13. The molecule has 7 heteroatoms. The molecule has 6 nitrogen and oxygen atoms in total. The van der Waals surface area contributed by atoms with Gasteiger partial charge in [-0.1, -0.05) is 30.7 Å². The van der Waals surface area contributed by atoms with Gasteiger partial charge in [-0.05, 0) is 76.3 Å². The fourth-order valence-corrected chi connectivity index (χ4v) is 5.08. The van der Waals surface area contributed by atoms with Crippen molar-refractivity contribution in [1.29, 1.82) is 0 Å². The molecule has 2 aromatic heterocycles. The Bertz CT molecular complexity index is 1050. The summed E-state index contributed by atoms with van der Waals surface area (Å²) in [6.07, 6.45) is 12.3. The van der Waals surface area contributed by atoms with Crippen molar-refractivity contribution in [2.24, 2.45) is 0 Å². The van der Waals surface area contributed by atoms with Gasteiger partial charge in [-0.15, -0.1) is 10.2 Å². The van der Waals surface area contributed by atoms with Crippen molar-refractivity contribution < 1.29 is 0 Å². The smallest absolute Gasteiger partial charge is 0.151 e. The van der Waals surface area contributed by atoms with E-state index in [1.165, 1.54) is 11.3 Å². The Morgan fingerprint density at radius 2 is 2.03 bits per heavy atom. The number of rotatable bonds is 6. The number of anilines is 1. The SMILES string of the molecule is CC/C=C\C(Cl)=C/C1=C(C)n2c(nnc2C2CCCN(c3ccccn3)CC2)CN(C(C)C)C1. The Hall–Kier alpha value is -2.44. The van der Waals surface area contributed by atoms with Crippen LogP contribution in [0.3, 0.4) is 0 Å². The fraction of sp³-hybridized carbons (Fsp3) is 0.519. The molecule has 2 aliphatic rings. The summed E-state index contributed by atoms with van der Waals surface area (Å²) in [6, 6.07) is 6.54. The number of aromatic nitrogens is 4. The van der Waals surface area contributed by atoms with Crippen LogP contribution in [-0.2, 0) is 6.54 Å². The zero-order valence-electron chi connectivity index (χ0n) is 20.9. The van der Waals surface area contributed by atoms with E-state index in [2.05, 4.69) is 76.4 Å². The number of hydrogen-bond acceptors (Lipinski definition) is 5. The van der Waals surface area contributed by atoms with Crippen molar-refractivity contribution in [3.63, 3.8) is 0 Å². The molecule has 4 rings (SSSR count). The lowest BCUT2D eigenvalue weighted by Gasteiger charge is -2.24. The second kappa shape index (κ2) is 11.3. The van der Waals surface area contributed by atoms with Gasteiger partial charge in [0.15, 0.2) is 5.82 Å². The third kappa shape index (κ3) is 5.61. The quantitative estimate of drug-likeness (QED) is 0.475. The summed E-state index contributed by atoms with van der Waals surface area (Å²) >= 11 is 6.59. The maximum atomic E-state index is 6.59. The van der Waals surface area contributed by atoms with Gasteiger partial charge in [-0.2, -0.15) is 0 Å². The summed E-state index contributed by atoms with van der Waals surface area (Å²) in [5.74, 6) is 3.55. The molecule has 0 aliphatic carbocycles. The van der Waals surface area contributed by atoms with Crippen molar-refractivity contribution in [2.45, 2.75) is 71.9 Å². The average Bonchev–Trinajstić information content (AvgIpc) is 3.01. The molecule has 0 spiro atoms. The zero-order chi connectivity index (χ0) is 24.1. The molecule has 34 heavy (non-hydrogen) atoms. The van der Waals surface area contributed by atoms with Gasteiger partial charge in [0.25, 0.3) is 0 Å². The zero-order valence-corrected chi connectivity index (χ0v) is 21.7. The average molecular weight is 481 g/mol. The lowest BCUT2D eigenvalue weighted by molar-refractivity contribution is 0.230. The van der Waals surface area contributed by atoms with Crippen LogP contribution < -0.4 is 4.90 Å².